The molecule has 0 heterocycles. The number of methoxy groups -OCH3 is 1. The molecule has 20 heavy (non-hydrogen) atoms. The number of hydrogen-bond acceptors (Lipinski definition) is 4. The van der Waals surface area contributed by atoms with Gasteiger partial charge in [-0.15, -0.1) is 0 Å². The molecule has 1 aromatic rings. The molecular weight excluding hydrogens is 261 g/mol. The van der Waals surface area contributed by atoms with Crippen molar-refractivity contribution in [2.45, 2.75) is 6.54 Å². The Kier molecular flexibility index (Phi) is 6.97. The average molecular weight is 283 g/mol. The van der Waals surface area contributed by atoms with Gasteiger partial charge < -0.3 is 20.3 Å². The third kappa shape index (κ3) is 4.79. The smallest absolute Gasteiger partial charge is 0.239 e. The fourth-order valence-corrected chi connectivity index (χ4v) is 1.91. The molecule has 1 aromatic carbocycles. The van der Waals surface area contributed by atoms with E-state index in [9.17, 15) is 9.18 Å². The van der Waals surface area contributed by atoms with Gasteiger partial charge in [0.2, 0.25) is 5.91 Å². The van der Waals surface area contributed by atoms with Crippen molar-refractivity contribution in [1.29, 1.82) is 0 Å². The van der Waals surface area contributed by atoms with Crippen LogP contribution >= 0.6 is 0 Å². The Morgan fingerprint density at radius 2 is 2.20 bits per heavy atom. The lowest BCUT2D eigenvalue weighted by molar-refractivity contribution is -0.119. The highest BCUT2D eigenvalue weighted by atomic mass is 19.1. The molecule has 0 atom stereocenters. The summed E-state index contributed by atoms with van der Waals surface area (Å²) in [5, 5.41) is 5.67. The number of anilines is 1. The van der Waals surface area contributed by atoms with Crippen LogP contribution in [-0.2, 0) is 16.1 Å². The molecule has 0 radical (unpaired) electrons. The summed E-state index contributed by atoms with van der Waals surface area (Å²) in [5.74, 6) is -0.396. The highest BCUT2D eigenvalue weighted by molar-refractivity contribution is 5.81. The first kappa shape index (κ1) is 16.4. The van der Waals surface area contributed by atoms with Gasteiger partial charge in [0.05, 0.1) is 13.2 Å². The van der Waals surface area contributed by atoms with Crippen molar-refractivity contribution in [1.82, 2.24) is 10.6 Å². The van der Waals surface area contributed by atoms with Crippen molar-refractivity contribution in [2.75, 3.05) is 45.8 Å². The molecule has 0 aliphatic carbocycles. The molecular formula is C14H22FN3O2. The van der Waals surface area contributed by atoms with Crippen LogP contribution in [0.3, 0.4) is 0 Å². The summed E-state index contributed by atoms with van der Waals surface area (Å²) >= 11 is 0. The first-order chi connectivity index (χ1) is 9.60. The quantitative estimate of drug-likeness (QED) is 0.691. The highest BCUT2D eigenvalue weighted by Gasteiger charge is 2.13. The second kappa shape index (κ2) is 8.50. The summed E-state index contributed by atoms with van der Waals surface area (Å²) in [6.45, 7) is 1.53. The SMILES string of the molecule is CNCc1c(F)cccc1N(C)CC(=O)NCCOC. The Morgan fingerprint density at radius 1 is 1.45 bits per heavy atom. The predicted molar refractivity (Wildman–Crippen MR) is 77.3 cm³/mol. The van der Waals surface area contributed by atoms with Crippen LogP contribution in [-0.4, -0.2) is 46.8 Å². The summed E-state index contributed by atoms with van der Waals surface area (Å²) in [6.07, 6.45) is 0. The third-order valence-electron chi connectivity index (χ3n) is 2.87. The zero-order valence-corrected chi connectivity index (χ0v) is 12.2. The van der Waals surface area contributed by atoms with Crippen LogP contribution in [0.5, 0.6) is 0 Å². The molecule has 0 bridgehead atoms. The van der Waals surface area contributed by atoms with Gasteiger partial charge in [-0.05, 0) is 19.2 Å². The van der Waals surface area contributed by atoms with E-state index in [1.807, 2.05) is 0 Å². The number of ether oxygens (including phenoxy) is 1. The first-order valence-corrected chi connectivity index (χ1v) is 6.49. The van der Waals surface area contributed by atoms with Crippen LogP contribution < -0.4 is 15.5 Å². The van der Waals surface area contributed by atoms with Gasteiger partial charge in [0, 0.05) is 38.5 Å². The van der Waals surface area contributed by atoms with Gasteiger partial charge in [0.15, 0.2) is 0 Å². The largest absolute Gasteiger partial charge is 0.383 e. The van der Waals surface area contributed by atoms with E-state index in [1.165, 1.54) is 6.07 Å². The topological polar surface area (TPSA) is 53.6 Å². The Hall–Kier alpha value is -1.66. The van der Waals surface area contributed by atoms with Gasteiger partial charge in [0.1, 0.15) is 5.82 Å². The highest BCUT2D eigenvalue weighted by Crippen LogP contribution is 2.21. The number of halogens is 1. The van der Waals surface area contributed by atoms with E-state index >= 15 is 0 Å². The number of hydrogen-bond donors (Lipinski definition) is 2. The minimum absolute atomic E-state index is 0.121. The van der Waals surface area contributed by atoms with Gasteiger partial charge in [-0.2, -0.15) is 0 Å². The Bertz CT molecular complexity index is 440. The molecule has 0 spiro atoms. The van der Waals surface area contributed by atoms with Crippen LogP contribution in [0, 0.1) is 5.82 Å². The number of amides is 1. The molecule has 1 amide bonds. The minimum Gasteiger partial charge on any atom is -0.383 e. The van der Waals surface area contributed by atoms with Crippen molar-refractivity contribution < 1.29 is 13.9 Å². The van der Waals surface area contributed by atoms with Crippen molar-refractivity contribution in [3.8, 4) is 0 Å². The lowest BCUT2D eigenvalue weighted by Crippen LogP contribution is -2.37. The number of carbonyl (C=O) groups is 1. The second-order valence-corrected chi connectivity index (χ2v) is 4.47. The molecule has 0 aromatic heterocycles. The van der Waals surface area contributed by atoms with Gasteiger partial charge >= 0.3 is 0 Å². The number of nitrogens with one attached hydrogen (secondary N) is 2. The zero-order valence-electron chi connectivity index (χ0n) is 12.2. The summed E-state index contributed by atoms with van der Waals surface area (Å²) in [5.41, 5.74) is 1.27. The fraction of sp³-hybridized carbons (Fsp3) is 0.500. The fourth-order valence-electron chi connectivity index (χ4n) is 1.91. The number of rotatable bonds is 8. The van der Waals surface area contributed by atoms with Crippen LogP contribution in [0.2, 0.25) is 0 Å². The monoisotopic (exact) mass is 283 g/mol. The van der Waals surface area contributed by atoms with Gasteiger partial charge in [-0.3, -0.25) is 4.79 Å². The molecule has 6 heteroatoms. The molecule has 0 saturated heterocycles. The molecule has 0 saturated carbocycles. The molecule has 0 aliphatic rings. The number of carbonyl (C=O) groups excluding carboxylic acids is 1. The minimum atomic E-state index is -0.275. The Labute approximate surface area is 119 Å². The summed E-state index contributed by atoms with van der Waals surface area (Å²) in [4.78, 5) is 13.5. The van der Waals surface area contributed by atoms with E-state index in [1.54, 1.807) is 38.2 Å². The van der Waals surface area contributed by atoms with Crippen molar-refractivity contribution >= 4 is 11.6 Å². The van der Waals surface area contributed by atoms with E-state index in [-0.39, 0.29) is 18.3 Å². The van der Waals surface area contributed by atoms with Crippen molar-refractivity contribution in [2.24, 2.45) is 0 Å². The van der Waals surface area contributed by atoms with Crippen molar-refractivity contribution in [3.05, 3.63) is 29.6 Å². The number of benzene rings is 1. The summed E-state index contributed by atoms with van der Waals surface area (Å²) < 4.78 is 18.7. The zero-order chi connectivity index (χ0) is 15.0. The molecule has 112 valence electrons. The lowest BCUT2D eigenvalue weighted by atomic mass is 10.1. The van der Waals surface area contributed by atoms with Crippen molar-refractivity contribution in [3.63, 3.8) is 0 Å². The summed E-state index contributed by atoms with van der Waals surface area (Å²) in [6, 6.07) is 4.87. The molecule has 0 unspecified atom stereocenters. The normalized spacial score (nSPS) is 10.4. The maximum Gasteiger partial charge on any atom is 0.239 e. The van der Waals surface area contributed by atoms with E-state index in [2.05, 4.69) is 10.6 Å². The molecule has 5 nitrogen and oxygen atoms in total. The number of nitrogens with zero attached hydrogens (tertiary/aromatic N) is 1. The van der Waals surface area contributed by atoms with E-state index < -0.39 is 0 Å². The molecule has 0 aliphatic heterocycles. The Balaban J connectivity index is 2.69. The van der Waals surface area contributed by atoms with Gasteiger partial charge in [-0.25, -0.2) is 4.39 Å². The summed E-state index contributed by atoms with van der Waals surface area (Å²) in [7, 11) is 5.10. The lowest BCUT2D eigenvalue weighted by Gasteiger charge is -2.22. The number of likely N-dealkylation sites (N-methyl/N-ethyl adjacent to an activating group) is 1. The van der Waals surface area contributed by atoms with Crippen LogP contribution in [0.1, 0.15) is 5.56 Å². The van der Waals surface area contributed by atoms with Crippen LogP contribution in [0.25, 0.3) is 0 Å². The molecule has 0 fully saturated rings. The average Bonchev–Trinajstić information content (AvgIpc) is 2.41. The predicted octanol–water partition coefficient (Wildman–Crippen LogP) is 0.744. The standard InChI is InChI=1S/C14H22FN3O2/c1-16-9-11-12(15)5-4-6-13(11)18(2)10-14(19)17-7-8-20-3/h4-6,16H,7-10H2,1-3H3,(H,17,19). The van der Waals surface area contributed by atoms with Gasteiger partial charge in [0.25, 0.3) is 0 Å². The van der Waals surface area contributed by atoms with E-state index in [0.29, 0.717) is 30.9 Å². The van der Waals surface area contributed by atoms with E-state index in [4.69, 9.17) is 4.74 Å². The second-order valence-electron chi connectivity index (χ2n) is 4.47. The maximum atomic E-state index is 13.8. The van der Waals surface area contributed by atoms with E-state index in [0.717, 1.165) is 0 Å². The molecule has 2 N–H and O–H groups in total. The maximum absolute atomic E-state index is 13.8. The third-order valence-corrected chi connectivity index (χ3v) is 2.87. The van der Waals surface area contributed by atoms with Crippen LogP contribution in [0.4, 0.5) is 10.1 Å². The van der Waals surface area contributed by atoms with Crippen LogP contribution in [0.15, 0.2) is 18.2 Å². The first-order valence-electron chi connectivity index (χ1n) is 6.49. The van der Waals surface area contributed by atoms with Gasteiger partial charge in [-0.1, -0.05) is 6.07 Å². The Morgan fingerprint density at radius 3 is 2.85 bits per heavy atom. The molecule has 1 rings (SSSR count).